The third-order valence-electron chi connectivity index (χ3n) is 6.82. The van der Waals surface area contributed by atoms with E-state index in [0.717, 1.165) is 50.1 Å². The molecule has 5 nitrogen and oxygen atoms in total. The summed E-state index contributed by atoms with van der Waals surface area (Å²) < 4.78 is 6.00. The van der Waals surface area contributed by atoms with Gasteiger partial charge in [-0.05, 0) is 38.7 Å². The van der Waals surface area contributed by atoms with Gasteiger partial charge in [0, 0.05) is 43.6 Å². The van der Waals surface area contributed by atoms with Crippen molar-refractivity contribution in [2.45, 2.75) is 64.4 Å². The number of amides is 2. The van der Waals surface area contributed by atoms with Crippen LogP contribution in [0.4, 0.5) is 0 Å². The Morgan fingerprint density at radius 2 is 1.61 bits per heavy atom. The summed E-state index contributed by atoms with van der Waals surface area (Å²) in [5.41, 5.74) is 1.80. The Morgan fingerprint density at radius 1 is 0.929 bits per heavy atom. The summed E-state index contributed by atoms with van der Waals surface area (Å²) in [5, 5.41) is 0. The van der Waals surface area contributed by atoms with Gasteiger partial charge in [-0.3, -0.25) is 9.59 Å². The number of benzene rings is 1. The summed E-state index contributed by atoms with van der Waals surface area (Å²) in [4.78, 5) is 30.0. The highest BCUT2D eigenvalue weighted by Crippen LogP contribution is 2.40. The van der Waals surface area contributed by atoms with E-state index >= 15 is 0 Å². The van der Waals surface area contributed by atoms with E-state index in [4.69, 9.17) is 4.74 Å². The second-order valence-electron chi connectivity index (χ2n) is 8.64. The van der Waals surface area contributed by atoms with Crippen LogP contribution < -0.4 is 4.74 Å². The molecular weight excluding hydrogens is 352 g/mol. The molecule has 152 valence electrons. The first-order valence-electron chi connectivity index (χ1n) is 10.9. The second kappa shape index (κ2) is 8.14. The zero-order valence-electron chi connectivity index (χ0n) is 17.2. The lowest BCUT2D eigenvalue weighted by Gasteiger charge is -2.34. The molecule has 2 fully saturated rings. The standard InChI is InChI=1S/C23H32N2O3/c1-16-17(2)28-21-19(16)8-7-9-20(21)23(27)25-14-10-18(11-15-25)22(26)24-12-5-3-4-6-13-24/h7-9,16-18H,3-6,10-15H2,1-2H3. The Balaban J connectivity index is 1.39. The lowest BCUT2D eigenvalue weighted by Crippen LogP contribution is -2.44. The maximum absolute atomic E-state index is 13.1. The van der Waals surface area contributed by atoms with E-state index in [1.165, 1.54) is 12.8 Å². The number of ether oxygens (including phenoxy) is 1. The van der Waals surface area contributed by atoms with E-state index in [-0.39, 0.29) is 17.9 Å². The number of fused-ring (bicyclic) bond motifs is 1. The number of carbonyl (C=O) groups is 2. The zero-order chi connectivity index (χ0) is 19.7. The van der Waals surface area contributed by atoms with E-state index in [0.29, 0.717) is 30.5 Å². The summed E-state index contributed by atoms with van der Waals surface area (Å²) in [5.74, 6) is 1.48. The normalized spacial score (nSPS) is 25.8. The van der Waals surface area contributed by atoms with Crippen LogP contribution >= 0.6 is 0 Å². The Labute approximate surface area is 168 Å². The molecule has 1 aromatic rings. The van der Waals surface area contributed by atoms with Gasteiger partial charge in [0.25, 0.3) is 5.91 Å². The van der Waals surface area contributed by atoms with Gasteiger partial charge in [0.05, 0.1) is 5.56 Å². The highest BCUT2D eigenvalue weighted by Gasteiger charge is 2.35. The molecule has 28 heavy (non-hydrogen) atoms. The van der Waals surface area contributed by atoms with Gasteiger partial charge in [0.15, 0.2) is 0 Å². The van der Waals surface area contributed by atoms with Crippen LogP contribution in [0.3, 0.4) is 0 Å². The van der Waals surface area contributed by atoms with Crippen molar-refractivity contribution < 1.29 is 14.3 Å². The molecule has 3 aliphatic heterocycles. The molecule has 2 atom stereocenters. The van der Waals surface area contributed by atoms with Crippen molar-refractivity contribution in [3.8, 4) is 5.75 Å². The monoisotopic (exact) mass is 384 g/mol. The van der Waals surface area contributed by atoms with Crippen molar-refractivity contribution in [3.63, 3.8) is 0 Å². The predicted molar refractivity (Wildman–Crippen MR) is 109 cm³/mol. The van der Waals surface area contributed by atoms with Crippen molar-refractivity contribution >= 4 is 11.8 Å². The summed E-state index contributed by atoms with van der Waals surface area (Å²) in [6, 6.07) is 5.90. The molecule has 0 saturated carbocycles. The summed E-state index contributed by atoms with van der Waals surface area (Å²) in [7, 11) is 0. The molecule has 0 aliphatic carbocycles. The number of hydrogen-bond acceptors (Lipinski definition) is 3. The average molecular weight is 385 g/mol. The first-order chi connectivity index (χ1) is 13.6. The zero-order valence-corrected chi connectivity index (χ0v) is 17.2. The molecule has 2 saturated heterocycles. The van der Waals surface area contributed by atoms with Crippen LogP contribution in [0.25, 0.3) is 0 Å². The van der Waals surface area contributed by atoms with Crippen LogP contribution in [0.15, 0.2) is 18.2 Å². The third kappa shape index (κ3) is 3.63. The van der Waals surface area contributed by atoms with Crippen LogP contribution in [-0.2, 0) is 4.79 Å². The Hall–Kier alpha value is -2.04. The fourth-order valence-electron chi connectivity index (χ4n) is 4.80. The maximum Gasteiger partial charge on any atom is 0.257 e. The molecule has 2 unspecified atom stereocenters. The van der Waals surface area contributed by atoms with Gasteiger partial charge in [-0.25, -0.2) is 0 Å². The molecule has 3 heterocycles. The quantitative estimate of drug-likeness (QED) is 0.779. The smallest absolute Gasteiger partial charge is 0.257 e. The highest BCUT2D eigenvalue weighted by molar-refractivity contribution is 5.98. The van der Waals surface area contributed by atoms with Gasteiger partial charge >= 0.3 is 0 Å². The fourth-order valence-corrected chi connectivity index (χ4v) is 4.80. The highest BCUT2D eigenvalue weighted by atomic mass is 16.5. The molecular formula is C23H32N2O3. The molecule has 1 aromatic carbocycles. The molecule has 3 aliphatic rings. The number of para-hydroxylation sites is 1. The molecule has 0 N–H and O–H groups in total. The van der Waals surface area contributed by atoms with Gasteiger partial charge in [-0.1, -0.05) is 31.9 Å². The Morgan fingerprint density at radius 3 is 2.29 bits per heavy atom. The van der Waals surface area contributed by atoms with Crippen LogP contribution in [-0.4, -0.2) is 53.9 Å². The number of carbonyl (C=O) groups excluding carboxylic acids is 2. The number of nitrogens with zero attached hydrogens (tertiary/aromatic N) is 2. The maximum atomic E-state index is 13.1. The Kier molecular flexibility index (Phi) is 5.61. The molecule has 5 heteroatoms. The van der Waals surface area contributed by atoms with Crippen LogP contribution in [0, 0.1) is 5.92 Å². The third-order valence-corrected chi connectivity index (χ3v) is 6.82. The SMILES string of the molecule is CC1Oc2c(C(=O)N3CCC(C(=O)N4CCCCCC4)CC3)cccc2C1C. The Bertz CT molecular complexity index is 731. The van der Waals surface area contributed by atoms with Gasteiger partial charge in [0.1, 0.15) is 11.9 Å². The number of rotatable bonds is 2. The lowest BCUT2D eigenvalue weighted by atomic mass is 9.93. The molecule has 4 rings (SSSR count). The summed E-state index contributed by atoms with van der Waals surface area (Å²) in [6.45, 7) is 7.31. The molecule has 0 radical (unpaired) electrons. The van der Waals surface area contributed by atoms with Crippen LogP contribution in [0.5, 0.6) is 5.75 Å². The molecule has 2 amide bonds. The van der Waals surface area contributed by atoms with E-state index in [1.807, 2.05) is 17.0 Å². The van der Waals surface area contributed by atoms with E-state index in [2.05, 4.69) is 24.8 Å². The molecule has 0 spiro atoms. The molecule has 0 aromatic heterocycles. The van der Waals surface area contributed by atoms with Crippen molar-refractivity contribution in [1.29, 1.82) is 0 Å². The topological polar surface area (TPSA) is 49.9 Å². The number of likely N-dealkylation sites (tertiary alicyclic amines) is 2. The first kappa shape index (κ1) is 19.3. The van der Waals surface area contributed by atoms with Crippen molar-refractivity contribution in [2.24, 2.45) is 5.92 Å². The predicted octanol–water partition coefficient (Wildman–Crippen LogP) is 3.83. The number of piperidine rings is 1. The number of hydrogen-bond donors (Lipinski definition) is 0. The van der Waals surface area contributed by atoms with Gasteiger partial charge in [-0.2, -0.15) is 0 Å². The minimum atomic E-state index is 0.0406. The van der Waals surface area contributed by atoms with E-state index in [1.54, 1.807) is 0 Å². The fraction of sp³-hybridized carbons (Fsp3) is 0.652. The second-order valence-corrected chi connectivity index (χ2v) is 8.64. The summed E-state index contributed by atoms with van der Waals surface area (Å²) >= 11 is 0. The minimum Gasteiger partial charge on any atom is -0.489 e. The van der Waals surface area contributed by atoms with E-state index in [9.17, 15) is 9.59 Å². The average Bonchev–Trinajstić information content (AvgIpc) is 2.91. The van der Waals surface area contributed by atoms with Gasteiger partial charge < -0.3 is 14.5 Å². The van der Waals surface area contributed by atoms with Crippen LogP contribution in [0.1, 0.15) is 74.2 Å². The lowest BCUT2D eigenvalue weighted by molar-refractivity contribution is -0.136. The van der Waals surface area contributed by atoms with E-state index < -0.39 is 0 Å². The van der Waals surface area contributed by atoms with Crippen LogP contribution in [0.2, 0.25) is 0 Å². The first-order valence-corrected chi connectivity index (χ1v) is 10.9. The molecule has 0 bridgehead atoms. The van der Waals surface area contributed by atoms with Gasteiger partial charge in [-0.15, -0.1) is 0 Å². The van der Waals surface area contributed by atoms with Crippen molar-refractivity contribution in [2.75, 3.05) is 26.2 Å². The largest absolute Gasteiger partial charge is 0.489 e. The van der Waals surface area contributed by atoms with Crippen molar-refractivity contribution in [3.05, 3.63) is 29.3 Å². The van der Waals surface area contributed by atoms with Gasteiger partial charge in [0.2, 0.25) is 5.91 Å². The van der Waals surface area contributed by atoms with Crippen molar-refractivity contribution in [1.82, 2.24) is 9.80 Å². The summed E-state index contributed by atoms with van der Waals surface area (Å²) in [6.07, 6.45) is 6.35. The minimum absolute atomic E-state index is 0.0406.